The van der Waals surface area contributed by atoms with Crippen molar-refractivity contribution in [2.75, 3.05) is 0 Å². The summed E-state index contributed by atoms with van der Waals surface area (Å²) in [5.74, 6) is 0.0605. The smallest absolute Gasteiger partial charge is 0.252 e. The first-order valence-corrected chi connectivity index (χ1v) is 8.54. The van der Waals surface area contributed by atoms with Crippen LogP contribution in [0.1, 0.15) is 68.5 Å². The number of benzene rings is 1. The fourth-order valence-electron chi connectivity index (χ4n) is 4.17. The Labute approximate surface area is 141 Å². The Kier molecular flexibility index (Phi) is 3.52. The summed E-state index contributed by atoms with van der Waals surface area (Å²) >= 11 is 0. The minimum atomic E-state index is -0.0809. The van der Waals surface area contributed by atoms with Crippen LogP contribution in [0.5, 0.6) is 0 Å². The molecule has 1 aromatic heterocycles. The molecule has 2 aromatic rings. The number of fused-ring (bicyclic) bond motifs is 2. The second kappa shape index (κ2) is 5.58. The van der Waals surface area contributed by atoms with Gasteiger partial charge < -0.3 is 5.32 Å². The highest BCUT2D eigenvalue weighted by atomic mass is 16.1. The second-order valence-corrected chi connectivity index (χ2v) is 6.74. The van der Waals surface area contributed by atoms with Crippen molar-refractivity contribution in [3.8, 4) is 0 Å². The van der Waals surface area contributed by atoms with E-state index in [9.17, 15) is 9.59 Å². The molecule has 1 heterocycles. The summed E-state index contributed by atoms with van der Waals surface area (Å²) in [4.78, 5) is 24.8. The van der Waals surface area contributed by atoms with Crippen LogP contribution in [0.2, 0.25) is 0 Å². The van der Waals surface area contributed by atoms with Crippen LogP contribution in [-0.2, 0) is 19.9 Å². The number of Topliss-reactive ketones (excluding diaryl/α,β-unsaturated/α-hetero) is 1. The predicted molar refractivity (Wildman–Crippen MR) is 90.2 cm³/mol. The summed E-state index contributed by atoms with van der Waals surface area (Å²) in [6.07, 6.45) is 4.16. The van der Waals surface area contributed by atoms with Crippen LogP contribution >= 0.6 is 0 Å². The van der Waals surface area contributed by atoms with Crippen LogP contribution in [0.3, 0.4) is 0 Å². The fourth-order valence-corrected chi connectivity index (χ4v) is 4.17. The third-order valence-electron chi connectivity index (χ3n) is 5.27. The molecule has 1 atom stereocenters. The number of aryl methyl sites for hydroxylation is 2. The molecule has 0 fully saturated rings. The molecule has 2 aliphatic rings. The zero-order valence-corrected chi connectivity index (χ0v) is 14.1. The maximum Gasteiger partial charge on any atom is 0.252 e. The van der Waals surface area contributed by atoms with E-state index in [2.05, 4.69) is 10.4 Å². The van der Waals surface area contributed by atoms with Gasteiger partial charge in [0, 0.05) is 35.9 Å². The standard InChI is InChI=1S/C19H21N3O2/c1-11-18-15(7-4-8-16(18)22(2)21-11)20-19(24)14-6-3-5-13-12(14)9-10-17(13)23/h3,5-6,15H,4,7-10H2,1-2H3,(H,20,24). The van der Waals surface area contributed by atoms with Gasteiger partial charge >= 0.3 is 0 Å². The first-order valence-electron chi connectivity index (χ1n) is 8.54. The number of amides is 1. The normalized spacial score (nSPS) is 19.1. The van der Waals surface area contributed by atoms with Gasteiger partial charge in [-0.25, -0.2) is 0 Å². The number of aromatic nitrogens is 2. The van der Waals surface area contributed by atoms with E-state index in [0.29, 0.717) is 24.0 Å². The fraction of sp³-hybridized carbons (Fsp3) is 0.421. The summed E-state index contributed by atoms with van der Waals surface area (Å²) in [5.41, 5.74) is 5.64. The van der Waals surface area contributed by atoms with Gasteiger partial charge in [-0.1, -0.05) is 12.1 Å². The molecule has 1 aromatic carbocycles. The van der Waals surface area contributed by atoms with E-state index in [4.69, 9.17) is 0 Å². The minimum Gasteiger partial charge on any atom is -0.345 e. The van der Waals surface area contributed by atoms with Crippen molar-refractivity contribution in [2.24, 2.45) is 7.05 Å². The number of rotatable bonds is 2. The van der Waals surface area contributed by atoms with E-state index in [1.165, 1.54) is 11.3 Å². The number of carbonyl (C=O) groups excluding carboxylic acids is 2. The summed E-state index contributed by atoms with van der Waals surface area (Å²) in [6, 6.07) is 5.46. The highest BCUT2D eigenvalue weighted by molar-refractivity contribution is 6.05. The Bertz CT molecular complexity index is 851. The lowest BCUT2D eigenvalue weighted by atomic mass is 9.90. The van der Waals surface area contributed by atoms with E-state index >= 15 is 0 Å². The third-order valence-corrected chi connectivity index (χ3v) is 5.27. The van der Waals surface area contributed by atoms with Crippen molar-refractivity contribution in [2.45, 2.75) is 45.1 Å². The Balaban J connectivity index is 1.64. The number of carbonyl (C=O) groups is 2. The van der Waals surface area contributed by atoms with Gasteiger partial charge in [0.2, 0.25) is 0 Å². The first-order chi connectivity index (χ1) is 11.6. The Hall–Kier alpha value is -2.43. The zero-order valence-electron chi connectivity index (χ0n) is 14.1. The molecule has 2 aliphatic carbocycles. The van der Waals surface area contributed by atoms with Crippen LogP contribution in [-0.4, -0.2) is 21.5 Å². The van der Waals surface area contributed by atoms with Crippen molar-refractivity contribution < 1.29 is 9.59 Å². The molecule has 5 nitrogen and oxygen atoms in total. The monoisotopic (exact) mass is 323 g/mol. The Morgan fingerprint density at radius 1 is 1.29 bits per heavy atom. The van der Waals surface area contributed by atoms with Gasteiger partial charge in [-0.2, -0.15) is 5.10 Å². The first kappa shape index (κ1) is 15.1. The van der Waals surface area contributed by atoms with Gasteiger partial charge in [0.15, 0.2) is 5.78 Å². The molecular weight excluding hydrogens is 302 g/mol. The summed E-state index contributed by atoms with van der Waals surface area (Å²) in [7, 11) is 1.96. The minimum absolute atomic E-state index is 0.00270. The maximum absolute atomic E-state index is 12.9. The molecular formula is C19H21N3O2. The van der Waals surface area contributed by atoms with Crippen LogP contribution in [0.4, 0.5) is 0 Å². The van der Waals surface area contributed by atoms with Crippen molar-refractivity contribution in [3.05, 3.63) is 51.8 Å². The van der Waals surface area contributed by atoms with Crippen molar-refractivity contribution in [3.63, 3.8) is 0 Å². The van der Waals surface area contributed by atoms with Crippen LogP contribution < -0.4 is 5.32 Å². The SMILES string of the molecule is Cc1nn(C)c2c1C(NC(=O)c1cccc3c1CCC3=O)CCC2. The second-order valence-electron chi connectivity index (χ2n) is 6.74. The topological polar surface area (TPSA) is 64.0 Å². The largest absolute Gasteiger partial charge is 0.345 e. The van der Waals surface area contributed by atoms with Crippen LogP contribution in [0, 0.1) is 6.92 Å². The molecule has 24 heavy (non-hydrogen) atoms. The van der Waals surface area contributed by atoms with Crippen molar-refractivity contribution in [1.82, 2.24) is 15.1 Å². The van der Waals surface area contributed by atoms with E-state index in [1.807, 2.05) is 30.8 Å². The van der Waals surface area contributed by atoms with Gasteiger partial charge in [-0.15, -0.1) is 0 Å². The number of ketones is 1. The molecule has 4 rings (SSSR count). The van der Waals surface area contributed by atoms with Gasteiger partial charge in [0.1, 0.15) is 0 Å². The molecule has 1 unspecified atom stereocenters. The summed E-state index contributed by atoms with van der Waals surface area (Å²) in [6.45, 7) is 2.00. The lowest BCUT2D eigenvalue weighted by Gasteiger charge is -2.25. The molecule has 1 amide bonds. The highest BCUT2D eigenvalue weighted by Gasteiger charge is 2.29. The predicted octanol–water partition coefficient (Wildman–Crippen LogP) is 2.66. The number of nitrogens with one attached hydrogen (secondary N) is 1. The lowest BCUT2D eigenvalue weighted by Crippen LogP contribution is -2.32. The van der Waals surface area contributed by atoms with E-state index in [1.54, 1.807) is 6.07 Å². The number of nitrogens with zero attached hydrogens (tertiary/aromatic N) is 2. The van der Waals surface area contributed by atoms with E-state index in [-0.39, 0.29) is 17.7 Å². The number of hydrogen-bond acceptors (Lipinski definition) is 3. The summed E-state index contributed by atoms with van der Waals surface area (Å²) < 4.78 is 1.93. The highest BCUT2D eigenvalue weighted by Crippen LogP contribution is 2.32. The lowest BCUT2D eigenvalue weighted by molar-refractivity contribution is 0.0931. The molecule has 1 N–H and O–H groups in total. The van der Waals surface area contributed by atoms with Gasteiger partial charge in [-0.3, -0.25) is 14.3 Å². The summed E-state index contributed by atoms with van der Waals surface area (Å²) in [5, 5.41) is 7.70. The quantitative estimate of drug-likeness (QED) is 0.924. The van der Waals surface area contributed by atoms with Crippen LogP contribution in [0.25, 0.3) is 0 Å². The van der Waals surface area contributed by atoms with Gasteiger partial charge in [0.05, 0.1) is 11.7 Å². The van der Waals surface area contributed by atoms with Gasteiger partial charge in [0.25, 0.3) is 5.91 Å². The van der Waals surface area contributed by atoms with Crippen molar-refractivity contribution in [1.29, 1.82) is 0 Å². The molecule has 0 spiro atoms. The molecule has 0 saturated carbocycles. The number of hydrogen-bond donors (Lipinski definition) is 1. The third kappa shape index (κ3) is 2.27. The average Bonchev–Trinajstić information content (AvgIpc) is 3.09. The average molecular weight is 323 g/mol. The Morgan fingerprint density at radius 2 is 2.12 bits per heavy atom. The zero-order chi connectivity index (χ0) is 16.8. The molecule has 0 aliphatic heterocycles. The van der Waals surface area contributed by atoms with Gasteiger partial charge in [-0.05, 0) is 44.2 Å². The molecule has 0 bridgehead atoms. The molecule has 124 valence electrons. The van der Waals surface area contributed by atoms with Crippen LogP contribution in [0.15, 0.2) is 18.2 Å². The van der Waals surface area contributed by atoms with E-state index < -0.39 is 0 Å². The molecule has 5 heteroatoms. The molecule has 0 saturated heterocycles. The maximum atomic E-state index is 12.9. The molecule has 0 radical (unpaired) electrons. The van der Waals surface area contributed by atoms with E-state index in [0.717, 1.165) is 30.5 Å². The Morgan fingerprint density at radius 3 is 2.96 bits per heavy atom. The van der Waals surface area contributed by atoms with Crippen molar-refractivity contribution >= 4 is 11.7 Å².